The highest BCUT2D eigenvalue weighted by atomic mass is 32.1. The zero-order chi connectivity index (χ0) is 20.7. The summed E-state index contributed by atoms with van der Waals surface area (Å²) in [6, 6.07) is 4.94. The van der Waals surface area contributed by atoms with Crippen molar-refractivity contribution in [2.24, 2.45) is 0 Å². The second kappa shape index (κ2) is 10.1. The first kappa shape index (κ1) is 21.7. The Labute approximate surface area is 168 Å². The van der Waals surface area contributed by atoms with Crippen LogP contribution in [0.5, 0.6) is 11.5 Å². The predicted molar refractivity (Wildman–Crippen MR) is 109 cm³/mol. The van der Waals surface area contributed by atoms with Crippen LogP contribution in [0.2, 0.25) is 0 Å². The third-order valence-corrected chi connectivity index (χ3v) is 4.90. The second-order valence-corrected chi connectivity index (χ2v) is 7.21. The number of nitrogens with one attached hydrogen (secondary N) is 1. The van der Waals surface area contributed by atoms with Crippen molar-refractivity contribution in [3.8, 4) is 11.5 Å². The standard InChI is InChI=1S/C20H26N2O5S/c1-13(2)22(6-7-23)20(25)15-10-16(19(27-4)17(11-15)26-3)21-18(24)9-14-5-8-28-12-14/h5,8,10-13,23H,6-7,9H2,1-4H3,(H,21,24). The Morgan fingerprint density at radius 2 is 2.00 bits per heavy atom. The number of hydrogen-bond acceptors (Lipinski definition) is 6. The fraction of sp³-hybridized carbons (Fsp3) is 0.400. The van der Waals surface area contributed by atoms with Gasteiger partial charge in [-0.25, -0.2) is 0 Å². The molecule has 0 saturated heterocycles. The van der Waals surface area contributed by atoms with Crippen molar-refractivity contribution in [3.05, 3.63) is 40.1 Å². The lowest BCUT2D eigenvalue weighted by Gasteiger charge is -2.26. The van der Waals surface area contributed by atoms with Crippen LogP contribution in [0, 0.1) is 0 Å². The maximum Gasteiger partial charge on any atom is 0.254 e. The van der Waals surface area contributed by atoms with Gasteiger partial charge in [-0.1, -0.05) is 0 Å². The van der Waals surface area contributed by atoms with Gasteiger partial charge in [-0.05, 0) is 48.4 Å². The zero-order valence-corrected chi connectivity index (χ0v) is 17.3. The number of hydrogen-bond donors (Lipinski definition) is 2. The van der Waals surface area contributed by atoms with Crippen molar-refractivity contribution in [3.63, 3.8) is 0 Å². The molecule has 0 fully saturated rings. The van der Waals surface area contributed by atoms with Crippen molar-refractivity contribution in [2.45, 2.75) is 26.3 Å². The highest BCUT2D eigenvalue weighted by Gasteiger charge is 2.23. The number of carbonyl (C=O) groups excluding carboxylic acids is 2. The largest absolute Gasteiger partial charge is 0.493 e. The number of aliphatic hydroxyl groups is 1. The van der Waals surface area contributed by atoms with Crippen molar-refractivity contribution in [1.29, 1.82) is 0 Å². The van der Waals surface area contributed by atoms with Crippen LogP contribution < -0.4 is 14.8 Å². The molecule has 0 aliphatic carbocycles. The highest BCUT2D eigenvalue weighted by molar-refractivity contribution is 7.08. The van der Waals surface area contributed by atoms with Crippen LogP contribution in [0.4, 0.5) is 5.69 Å². The van der Waals surface area contributed by atoms with Gasteiger partial charge < -0.3 is 24.8 Å². The molecule has 152 valence electrons. The molecule has 2 aromatic rings. The second-order valence-electron chi connectivity index (χ2n) is 6.43. The number of methoxy groups -OCH3 is 2. The average Bonchev–Trinajstić information content (AvgIpc) is 3.17. The SMILES string of the molecule is COc1cc(C(=O)N(CCO)C(C)C)cc(NC(=O)Cc2ccsc2)c1OC. The topological polar surface area (TPSA) is 88.1 Å². The molecule has 8 heteroatoms. The molecule has 0 atom stereocenters. The van der Waals surface area contributed by atoms with E-state index in [9.17, 15) is 14.7 Å². The number of amides is 2. The molecule has 0 saturated carbocycles. The molecular weight excluding hydrogens is 380 g/mol. The maximum atomic E-state index is 12.9. The lowest BCUT2D eigenvalue weighted by molar-refractivity contribution is -0.115. The van der Waals surface area contributed by atoms with Gasteiger partial charge in [0.2, 0.25) is 5.91 Å². The summed E-state index contributed by atoms with van der Waals surface area (Å²) in [5, 5.41) is 15.9. The van der Waals surface area contributed by atoms with E-state index in [-0.39, 0.29) is 37.4 Å². The number of ether oxygens (including phenoxy) is 2. The molecule has 0 spiro atoms. The van der Waals surface area contributed by atoms with Crippen LogP contribution in [0.15, 0.2) is 29.0 Å². The predicted octanol–water partition coefficient (Wildman–Crippen LogP) is 2.79. The van der Waals surface area contributed by atoms with E-state index >= 15 is 0 Å². The quantitative estimate of drug-likeness (QED) is 0.669. The number of thiophene rings is 1. The summed E-state index contributed by atoms with van der Waals surface area (Å²) in [7, 11) is 2.94. The van der Waals surface area contributed by atoms with E-state index in [1.807, 2.05) is 30.7 Å². The summed E-state index contributed by atoms with van der Waals surface area (Å²) >= 11 is 1.52. The lowest BCUT2D eigenvalue weighted by Crippen LogP contribution is -2.39. The molecule has 2 rings (SSSR count). The molecule has 1 aromatic carbocycles. The molecule has 7 nitrogen and oxygen atoms in total. The van der Waals surface area contributed by atoms with E-state index in [2.05, 4.69) is 5.32 Å². The fourth-order valence-electron chi connectivity index (χ4n) is 2.82. The molecule has 1 heterocycles. The van der Waals surface area contributed by atoms with E-state index in [0.717, 1.165) is 5.56 Å². The normalized spacial score (nSPS) is 10.6. The van der Waals surface area contributed by atoms with Gasteiger partial charge in [0.25, 0.3) is 5.91 Å². The Morgan fingerprint density at radius 3 is 2.54 bits per heavy atom. The van der Waals surface area contributed by atoms with E-state index in [1.165, 1.54) is 25.6 Å². The minimum Gasteiger partial charge on any atom is -0.493 e. The van der Waals surface area contributed by atoms with Gasteiger partial charge >= 0.3 is 0 Å². The Morgan fingerprint density at radius 1 is 1.25 bits per heavy atom. The minimum atomic E-state index is -0.265. The summed E-state index contributed by atoms with van der Waals surface area (Å²) in [6.45, 7) is 3.82. The molecular formula is C20H26N2O5S. The summed E-state index contributed by atoms with van der Waals surface area (Å²) in [6.07, 6.45) is 0.218. The van der Waals surface area contributed by atoms with Crippen LogP contribution in [0.3, 0.4) is 0 Å². The molecule has 0 unspecified atom stereocenters. The third-order valence-electron chi connectivity index (χ3n) is 4.17. The van der Waals surface area contributed by atoms with E-state index in [0.29, 0.717) is 22.7 Å². The first-order valence-corrected chi connectivity index (χ1v) is 9.84. The van der Waals surface area contributed by atoms with Gasteiger partial charge in [-0.15, -0.1) is 0 Å². The van der Waals surface area contributed by atoms with Crippen molar-refractivity contribution >= 4 is 28.8 Å². The van der Waals surface area contributed by atoms with Gasteiger partial charge in [0, 0.05) is 18.2 Å². The zero-order valence-electron chi connectivity index (χ0n) is 16.5. The first-order chi connectivity index (χ1) is 13.4. The number of carbonyl (C=O) groups is 2. The molecule has 1 aromatic heterocycles. The minimum absolute atomic E-state index is 0.0932. The van der Waals surface area contributed by atoms with Crippen LogP contribution >= 0.6 is 11.3 Å². The molecule has 0 bridgehead atoms. The van der Waals surface area contributed by atoms with Crippen molar-refractivity contribution < 1.29 is 24.2 Å². The molecule has 2 N–H and O–H groups in total. The fourth-order valence-corrected chi connectivity index (χ4v) is 3.49. The number of nitrogens with zero attached hydrogens (tertiary/aromatic N) is 1. The Balaban J connectivity index is 2.36. The lowest BCUT2D eigenvalue weighted by atomic mass is 10.1. The van der Waals surface area contributed by atoms with E-state index in [1.54, 1.807) is 17.0 Å². The average molecular weight is 407 g/mol. The van der Waals surface area contributed by atoms with Gasteiger partial charge in [-0.2, -0.15) is 11.3 Å². The van der Waals surface area contributed by atoms with Gasteiger partial charge in [0.1, 0.15) is 0 Å². The summed E-state index contributed by atoms with van der Waals surface area (Å²) in [5.41, 5.74) is 1.61. The number of anilines is 1. The van der Waals surface area contributed by atoms with Crippen LogP contribution in [0.25, 0.3) is 0 Å². The van der Waals surface area contributed by atoms with E-state index < -0.39 is 0 Å². The van der Waals surface area contributed by atoms with Gasteiger partial charge in [-0.3, -0.25) is 9.59 Å². The van der Waals surface area contributed by atoms with Crippen molar-refractivity contribution in [2.75, 3.05) is 32.7 Å². The Bertz CT molecular complexity index is 805. The van der Waals surface area contributed by atoms with Gasteiger partial charge in [0.05, 0.1) is 32.9 Å². The number of rotatable bonds is 9. The molecule has 28 heavy (non-hydrogen) atoms. The molecule has 0 radical (unpaired) electrons. The molecule has 0 aliphatic heterocycles. The number of aliphatic hydroxyl groups excluding tert-OH is 1. The van der Waals surface area contributed by atoms with Crippen LogP contribution in [-0.4, -0.2) is 55.2 Å². The molecule has 2 amide bonds. The van der Waals surface area contributed by atoms with Crippen molar-refractivity contribution in [1.82, 2.24) is 4.90 Å². The van der Waals surface area contributed by atoms with E-state index in [4.69, 9.17) is 9.47 Å². The first-order valence-electron chi connectivity index (χ1n) is 8.90. The van der Waals surface area contributed by atoms with Crippen LogP contribution in [0.1, 0.15) is 29.8 Å². The number of benzene rings is 1. The third kappa shape index (κ3) is 5.24. The van der Waals surface area contributed by atoms with Crippen LogP contribution in [-0.2, 0) is 11.2 Å². The summed E-state index contributed by atoms with van der Waals surface area (Å²) in [4.78, 5) is 26.9. The summed E-state index contributed by atoms with van der Waals surface area (Å²) < 4.78 is 10.8. The van der Waals surface area contributed by atoms with Gasteiger partial charge in [0.15, 0.2) is 11.5 Å². The monoisotopic (exact) mass is 406 g/mol. The maximum absolute atomic E-state index is 12.9. The smallest absolute Gasteiger partial charge is 0.254 e. The Hall–Kier alpha value is -2.58. The highest BCUT2D eigenvalue weighted by Crippen LogP contribution is 2.37. The Kier molecular flexibility index (Phi) is 7.83. The molecule has 0 aliphatic rings. The summed E-state index contributed by atoms with van der Waals surface area (Å²) in [5.74, 6) is 0.195.